The van der Waals surface area contributed by atoms with Crippen molar-refractivity contribution >= 4 is 44.4 Å². The third-order valence-corrected chi connectivity index (χ3v) is 10.6. The summed E-state index contributed by atoms with van der Waals surface area (Å²) in [5.74, 6) is 0. The molecule has 0 saturated carbocycles. The van der Waals surface area contributed by atoms with Crippen LogP contribution in [0, 0.1) is 0 Å². The summed E-state index contributed by atoms with van der Waals surface area (Å²) >= 11 is 0. The molecule has 0 radical (unpaired) electrons. The predicted octanol–water partition coefficient (Wildman–Crippen LogP) is 15.0. The lowest BCUT2D eigenvalue weighted by Gasteiger charge is -2.26. The van der Waals surface area contributed by atoms with E-state index in [0.29, 0.717) is 0 Å². The topological polar surface area (TPSA) is 8.17 Å². The number of allylic oxidation sites excluding steroid dienone is 4. The van der Waals surface area contributed by atoms with Crippen molar-refractivity contribution in [2.24, 2.45) is 0 Å². The number of nitrogens with zero attached hydrogens (tertiary/aromatic N) is 2. The number of rotatable bonds is 10. The van der Waals surface area contributed by atoms with Gasteiger partial charge in [0.25, 0.3) is 0 Å². The number of aromatic nitrogens is 1. The summed E-state index contributed by atoms with van der Waals surface area (Å²) in [6.45, 7) is 7.87. The first-order valence-corrected chi connectivity index (χ1v) is 19.0. The van der Waals surface area contributed by atoms with Gasteiger partial charge in [-0.1, -0.05) is 165 Å². The van der Waals surface area contributed by atoms with Crippen molar-refractivity contribution in [3.8, 4) is 39.1 Å². The normalized spacial score (nSPS) is 11.5. The molecule has 0 fully saturated rings. The minimum Gasteiger partial charge on any atom is -0.311 e. The van der Waals surface area contributed by atoms with E-state index < -0.39 is 0 Å². The molecule has 9 rings (SSSR count). The highest BCUT2D eigenvalue weighted by atomic mass is 15.1. The monoisotopic (exact) mass is 716 g/mol. The molecule has 1 heterocycles. The summed E-state index contributed by atoms with van der Waals surface area (Å²) < 4.78 is 2.36. The van der Waals surface area contributed by atoms with Crippen LogP contribution in [0.5, 0.6) is 0 Å². The second-order valence-electron chi connectivity index (χ2n) is 13.9. The van der Waals surface area contributed by atoms with Gasteiger partial charge in [-0.2, -0.15) is 0 Å². The summed E-state index contributed by atoms with van der Waals surface area (Å²) in [4.78, 5) is 2.31. The largest absolute Gasteiger partial charge is 0.311 e. The summed E-state index contributed by atoms with van der Waals surface area (Å²) in [7, 11) is 0. The molecule has 0 atom stereocenters. The van der Waals surface area contributed by atoms with Crippen LogP contribution in [0.4, 0.5) is 17.1 Å². The Labute approximate surface area is 328 Å². The van der Waals surface area contributed by atoms with E-state index in [1.807, 2.05) is 12.2 Å². The second-order valence-corrected chi connectivity index (χ2v) is 13.9. The third kappa shape index (κ3) is 6.55. The number of hydrogen-bond acceptors (Lipinski definition) is 1. The lowest BCUT2D eigenvalue weighted by atomic mass is 9.98. The van der Waals surface area contributed by atoms with Crippen molar-refractivity contribution in [1.29, 1.82) is 0 Å². The third-order valence-electron chi connectivity index (χ3n) is 10.6. The summed E-state index contributed by atoms with van der Waals surface area (Å²) in [6.07, 6.45) is 5.65. The van der Waals surface area contributed by atoms with Crippen LogP contribution in [0.3, 0.4) is 0 Å². The molecule has 9 aromatic rings. The molecular weight excluding hydrogens is 677 g/mol. The Morgan fingerprint density at radius 3 is 1.43 bits per heavy atom. The van der Waals surface area contributed by atoms with E-state index in [4.69, 9.17) is 0 Å². The van der Waals surface area contributed by atoms with Gasteiger partial charge in [0.2, 0.25) is 0 Å². The van der Waals surface area contributed by atoms with E-state index in [2.05, 4.69) is 223 Å². The van der Waals surface area contributed by atoms with Crippen molar-refractivity contribution in [1.82, 2.24) is 4.57 Å². The Morgan fingerprint density at radius 2 is 0.857 bits per heavy atom. The Kier molecular flexibility index (Phi) is 9.29. The molecule has 2 heteroatoms. The molecule has 0 aliphatic rings. The second kappa shape index (κ2) is 15.1. The maximum absolute atomic E-state index is 4.00. The summed E-state index contributed by atoms with van der Waals surface area (Å²) in [5, 5.41) is 2.51. The average Bonchev–Trinajstić information content (AvgIpc) is 3.61. The first-order valence-electron chi connectivity index (χ1n) is 19.0. The Balaban J connectivity index is 1.03. The molecule has 8 aromatic carbocycles. The fourth-order valence-corrected chi connectivity index (χ4v) is 7.76. The van der Waals surface area contributed by atoms with Crippen molar-refractivity contribution in [2.45, 2.75) is 0 Å². The van der Waals surface area contributed by atoms with Gasteiger partial charge in [-0.25, -0.2) is 0 Å². The van der Waals surface area contributed by atoms with Crippen molar-refractivity contribution in [3.05, 3.63) is 237 Å². The maximum atomic E-state index is 4.00. The lowest BCUT2D eigenvalue weighted by Crippen LogP contribution is -2.09. The Morgan fingerprint density at radius 1 is 0.411 bits per heavy atom. The van der Waals surface area contributed by atoms with Crippen LogP contribution in [-0.2, 0) is 0 Å². The molecule has 56 heavy (non-hydrogen) atoms. The van der Waals surface area contributed by atoms with Crippen LogP contribution in [-0.4, -0.2) is 4.57 Å². The minimum absolute atomic E-state index is 1.04. The molecule has 1 aromatic heterocycles. The van der Waals surface area contributed by atoms with Crippen molar-refractivity contribution < 1.29 is 0 Å². The molecule has 0 N–H and O–H groups in total. The molecule has 0 unspecified atom stereocenters. The Bertz CT molecular complexity index is 2830. The van der Waals surface area contributed by atoms with E-state index in [9.17, 15) is 0 Å². The fraction of sp³-hybridized carbons (Fsp3) is 0. The molecule has 0 amide bonds. The quantitative estimate of drug-likeness (QED) is 0.128. The van der Waals surface area contributed by atoms with E-state index in [0.717, 1.165) is 28.2 Å². The number of benzene rings is 8. The summed E-state index contributed by atoms with van der Waals surface area (Å²) in [6, 6.07) is 71.9. The highest BCUT2D eigenvalue weighted by Crippen LogP contribution is 2.39. The van der Waals surface area contributed by atoms with Gasteiger partial charge < -0.3 is 9.47 Å². The first-order chi connectivity index (χ1) is 27.7. The number of hydrogen-bond donors (Lipinski definition) is 0. The van der Waals surface area contributed by atoms with Gasteiger partial charge in [0, 0.05) is 33.5 Å². The number of anilines is 3. The zero-order valence-electron chi connectivity index (χ0n) is 31.1. The molecule has 0 aliphatic carbocycles. The van der Waals surface area contributed by atoms with Gasteiger partial charge in [0.05, 0.1) is 11.0 Å². The van der Waals surface area contributed by atoms with Crippen molar-refractivity contribution in [3.63, 3.8) is 0 Å². The average molecular weight is 717 g/mol. The van der Waals surface area contributed by atoms with Crippen LogP contribution in [0.2, 0.25) is 0 Å². The van der Waals surface area contributed by atoms with E-state index in [1.165, 1.54) is 60.9 Å². The molecule has 0 bridgehead atoms. The predicted molar refractivity (Wildman–Crippen MR) is 240 cm³/mol. The maximum Gasteiger partial charge on any atom is 0.0541 e. The molecule has 0 saturated heterocycles. The standard InChI is InChI=1S/C54H40N2/c1-3-13-39(4-2)41-24-31-48(32-25-41)55(49-33-26-43(27-34-49)40-14-7-5-8-15-40)50-35-28-44(29-36-50)42-20-22-45(23-21-42)46-30-37-54-52(38-46)51-18-11-12-19-53(51)56(54)47-16-9-6-10-17-47/h3-38H,1-2H2/b39-13+. The van der Waals surface area contributed by atoms with Gasteiger partial charge >= 0.3 is 0 Å². The van der Waals surface area contributed by atoms with Crippen LogP contribution in [0.1, 0.15) is 5.56 Å². The summed E-state index contributed by atoms with van der Waals surface area (Å²) in [5.41, 5.74) is 16.1. The molecule has 266 valence electrons. The van der Waals surface area contributed by atoms with E-state index in [1.54, 1.807) is 6.08 Å². The Hall–Kier alpha value is -7.42. The minimum atomic E-state index is 1.04. The zero-order chi connectivity index (χ0) is 37.8. The number of fused-ring (bicyclic) bond motifs is 3. The SMILES string of the molecule is C=C/C=C(\C=C)c1ccc(N(c2ccc(-c3ccccc3)cc2)c2ccc(-c3ccc(-c4ccc5c(c4)c4ccccc4n5-c4ccccc4)cc3)cc2)cc1. The highest BCUT2D eigenvalue weighted by molar-refractivity contribution is 6.10. The smallest absolute Gasteiger partial charge is 0.0541 e. The van der Waals surface area contributed by atoms with Crippen LogP contribution in [0.15, 0.2) is 232 Å². The van der Waals surface area contributed by atoms with Gasteiger partial charge in [-0.15, -0.1) is 0 Å². The van der Waals surface area contributed by atoms with Crippen LogP contribution in [0.25, 0.3) is 66.4 Å². The highest BCUT2D eigenvalue weighted by Gasteiger charge is 2.15. The molecule has 0 aliphatic heterocycles. The van der Waals surface area contributed by atoms with Gasteiger partial charge in [0.1, 0.15) is 0 Å². The molecule has 0 spiro atoms. The fourth-order valence-electron chi connectivity index (χ4n) is 7.76. The van der Waals surface area contributed by atoms with Gasteiger partial charge in [0.15, 0.2) is 0 Å². The lowest BCUT2D eigenvalue weighted by molar-refractivity contribution is 1.18. The van der Waals surface area contributed by atoms with Crippen LogP contribution < -0.4 is 4.90 Å². The van der Waals surface area contributed by atoms with Gasteiger partial charge in [-0.05, 0) is 111 Å². The molecule has 2 nitrogen and oxygen atoms in total. The zero-order valence-corrected chi connectivity index (χ0v) is 31.1. The van der Waals surface area contributed by atoms with Gasteiger partial charge in [-0.3, -0.25) is 0 Å². The molecular formula is C54H40N2. The first kappa shape index (κ1) is 34.4. The van der Waals surface area contributed by atoms with Crippen molar-refractivity contribution in [2.75, 3.05) is 4.90 Å². The van der Waals surface area contributed by atoms with E-state index in [-0.39, 0.29) is 0 Å². The number of para-hydroxylation sites is 2. The van der Waals surface area contributed by atoms with E-state index >= 15 is 0 Å². The van der Waals surface area contributed by atoms with Crippen LogP contribution >= 0.6 is 0 Å².